The Hall–Kier alpha value is -2.38. The van der Waals surface area contributed by atoms with E-state index in [9.17, 15) is 0 Å². The Kier molecular flexibility index (Phi) is 4.67. The third-order valence-electron chi connectivity index (χ3n) is 4.05. The number of rotatable bonds is 4. The molecule has 1 aromatic heterocycles. The van der Waals surface area contributed by atoms with Crippen LogP contribution in [0.1, 0.15) is 24.1 Å². The van der Waals surface area contributed by atoms with Crippen molar-refractivity contribution in [1.29, 1.82) is 5.26 Å². The first kappa shape index (κ1) is 14.6. The summed E-state index contributed by atoms with van der Waals surface area (Å²) in [5.41, 5.74) is 1.84. The monoisotopic (exact) mass is 292 g/mol. The van der Waals surface area contributed by atoms with E-state index in [1.165, 1.54) is 5.56 Å². The van der Waals surface area contributed by atoms with Crippen LogP contribution in [0.3, 0.4) is 0 Å². The molecule has 22 heavy (non-hydrogen) atoms. The molecule has 1 N–H and O–H groups in total. The largest absolute Gasteiger partial charge is 0.367 e. The van der Waals surface area contributed by atoms with Gasteiger partial charge in [0.05, 0.1) is 0 Å². The van der Waals surface area contributed by atoms with Crippen LogP contribution >= 0.6 is 0 Å². The molecule has 1 saturated heterocycles. The van der Waals surface area contributed by atoms with E-state index >= 15 is 0 Å². The fourth-order valence-corrected chi connectivity index (χ4v) is 2.86. The lowest BCUT2D eigenvalue weighted by Crippen LogP contribution is -2.38. The molecule has 1 aliphatic heterocycles. The molecule has 0 radical (unpaired) electrons. The van der Waals surface area contributed by atoms with Gasteiger partial charge in [0.1, 0.15) is 17.6 Å². The summed E-state index contributed by atoms with van der Waals surface area (Å²) in [6.45, 7) is 3.20. The van der Waals surface area contributed by atoms with Gasteiger partial charge < -0.3 is 5.32 Å². The molecule has 0 amide bonds. The number of pyridine rings is 1. The average molecular weight is 292 g/mol. The van der Waals surface area contributed by atoms with E-state index in [0.717, 1.165) is 38.3 Å². The first-order valence-electron chi connectivity index (χ1n) is 7.73. The second-order valence-corrected chi connectivity index (χ2v) is 5.70. The van der Waals surface area contributed by atoms with E-state index in [1.807, 2.05) is 12.1 Å². The van der Waals surface area contributed by atoms with E-state index in [1.54, 1.807) is 6.07 Å². The van der Waals surface area contributed by atoms with Gasteiger partial charge in [-0.1, -0.05) is 36.4 Å². The van der Waals surface area contributed by atoms with Crippen molar-refractivity contribution in [3.63, 3.8) is 0 Å². The second-order valence-electron chi connectivity index (χ2n) is 5.70. The molecule has 2 aromatic rings. The maximum absolute atomic E-state index is 8.90. The smallest absolute Gasteiger partial charge is 0.142 e. The number of nitriles is 1. The number of nitrogens with zero attached hydrogens (tertiary/aromatic N) is 3. The summed E-state index contributed by atoms with van der Waals surface area (Å²) in [5, 5.41) is 12.3. The number of hydrogen-bond acceptors (Lipinski definition) is 4. The molecule has 3 rings (SSSR count). The number of piperidine rings is 1. The van der Waals surface area contributed by atoms with Crippen LogP contribution in [-0.2, 0) is 6.54 Å². The van der Waals surface area contributed by atoms with Crippen LogP contribution in [0.2, 0.25) is 0 Å². The minimum atomic E-state index is 0.438. The molecule has 112 valence electrons. The quantitative estimate of drug-likeness (QED) is 0.941. The predicted molar refractivity (Wildman–Crippen MR) is 87.3 cm³/mol. The van der Waals surface area contributed by atoms with Crippen LogP contribution in [0.25, 0.3) is 0 Å². The number of likely N-dealkylation sites (tertiary alicyclic amines) is 1. The van der Waals surface area contributed by atoms with Gasteiger partial charge in [0, 0.05) is 25.7 Å². The molecule has 0 aliphatic carbocycles. The Morgan fingerprint density at radius 1 is 1.09 bits per heavy atom. The summed E-state index contributed by atoms with van der Waals surface area (Å²) in [5.74, 6) is 0.806. The van der Waals surface area contributed by atoms with Gasteiger partial charge >= 0.3 is 0 Å². The Balaban J connectivity index is 1.50. The lowest BCUT2D eigenvalue weighted by atomic mass is 10.0. The van der Waals surface area contributed by atoms with Crippen molar-refractivity contribution in [3.05, 3.63) is 59.8 Å². The highest BCUT2D eigenvalue weighted by Crippen LogP contribution is 2.17. The van der Waals surface area contributed by atoms with Crippen LogP contribution in [0, 0.1) is 11.3 Å². The normalized spacial score (nSPS) is 16.1. The molecule has 4 heteroatoms. The van der Waals surface area contributed by atoms with Gasteiger partial charge in [0.25, 0.3) is 0 Å². The third kappa shape index (κ3) is 3.84. The van der Waals surface area contributed by atoms with Gasteiger partial charge in [-0.3, -0.25) is 4.90 Å². The number of benzene rings is 1. The molecular formula is C18H20N4. The highest BCUT2D eigenvalue weighted by atomic mass is 15.1. The molecule has 0 atom stereocenters. The van der Waals surface area contributed by atoms with Crippen molar-refractivity contribution in [3.8, 4) is 6.07 Å². The molecule has 0 bridgehead atoms. The molecule has 1 fully saturated rings. The van der Waals surface area contributed by atoms with Crippen molar-refractivity contribution in [2.24, 2.45) is 0 Å². The average Bonchev–Trinajstić information content (AvgIpc) is 2.58. The van der Waals surface area contributed by atoms with E-state index in [-0.39, 0.29) is 0 Å². The van der Waals surface area contributed by atoms with Crippen molar-refractivity contribution < 1.29 is 0 Å². The topological polar surface area (TPSA) is 52.0 Å². The van der Waals surface area contributed by atoms with E-state index < -0.39 is 0 Å². The lowest BCUT2D eigenvalue weighted by molar-refractivity contribution is 0.211. The van der Waals surface area contributed by atoms with Crippen molar-refractivity contribution in [2.75, 3.05) is 18.4 Å². The van der Waals surface area contributed by atoms with E-state index in [0.29, 0.717) is 11.7 Å². The summed E-state index contributed by atoms with van der Waals surface area (Å²) >= 11 is 0. The van der Waals surface area contributed by atoms with Crippen molar-refractivity contribution in [1.82, 2.24) is 9.88 Å². The summed E-state index contributed by atoms with van der Waals surface area (Å²) in [7, 11) is 0. The minimum Gasteiger partial charge on any atom is -0.367 e. The van der Waals surface area contributed by atoms with Crippen LogP contribution in [0.4, 0.5) is 5.82 Å². The summed E-state index contributed by atoms with van der Waals surface area (Å²) in [6.07, 6.45) is 2.20. The highest BCUT2D eigenvalue weighted by molar-refractivity contribution is 5.39. The van der Waals surface area contributed by atoms with Crippen LogP contribution in [0.5, 0.6) is 0 Å². The zero-order valence-electron chi connectivity index (χ0n) is 12.6. The summed E-state index contributed by atoms with van der Waals surface area (Å²) in [4.78, 5) is 6.78. The maximum atomic E-state index is 8.90. The number of hydrogen-bond donors (Lipinski definition) is 1. The Bertz CT molecular complexity index is 640. The summed E-state index contributed by atoms with van der Waals surface area (Å²) in [6, 6.07) is 18.7. The van der Waals surface area contributed by atoms with Gasteiger partial charge in [-0.05, 0) is 30.5 Å². The van der Waals surface area contributed by atoms with Gasteiger partial charge in [-0.25, -0.2) is 4.98 Å². The third-order valence-corrected chi connectivity index (χ3v) is 4.05. The first-order valence-corrected chi connectivity index (χ1v) is 7.73. The van der Waals surface area contributed by atoms with Gasteiger partial charge in [-0.15, -0.1) is 0 Å². The number of nitrogens with one attached hydrogen (secondary N) is 1. The molecule has 4 nitrogen and oxygen atoms in total. The molecule has 2 heterocycles. The second kappa shape index (κ2) is 7.06. The molecule has 0 unspecified atom stereocenters. The highest BCUT2D eigenvalue weighted by Gasteiger charge is 2.19. The maximum Gasteiger partial charge on any atom is 0.142 e. The fourth-order valence-electron chi connectivity index (χ4n) is 2.86. The minimum absolute atomic E-state index is 0.438. The Labute approximate surface area is 131 Å². The fraction of sp³-hybridized carbons (Fsp3) is 0.333. The van der Waals surface area contributed by atoms with Crippen molar-refractivity contribution >= 4 is 5.82 Å². The van der Waals surface area contributed by atoms with Crippen molar-refractivity contribution in [2.45, 2.75) is 25.4 Å². The SMILES string of the molecule is N#Cc1cccc(NC2CCN(Cc3ccccc3)CC2)n1. The number of anilines is 1. The van der Waals surface area contributed by atoms with E-state index in [2.05, 4.69) is 51.6 Å². The molecule has 1 aliphatic rings. The summed E-state index contributed by atoms with van der Waals surface area (Å²) < 4.78 is 0. The van der Waals surface area contributed by atoms with E-state index in [4.69, 9.17) is 5.26 Å². The zero-order valence-corrected chi connectivity index (χ0v) is 12.6. The Morgan fingerprint density at radius 3 is 2.59 bits per heavy atom. The standard InChI is InChI=1S/C18H20N4/c19-13-17-7-4-8-18(21-17)20-16-9-11-22(12-10-16)14-15-5-2-1-3-6-15/h1-8,16H,9-12,14H2,(H,20,21). The zero-order chi connectivity index (χ0) is 15.2. The Morgan fingerprint density at radius 2 is 1.86 bits per heavy atom. The van der Waals surface area contributed by atoms with Crippen LogP contribution < -0.4 is 5.32 Å². The van der Waals surface area contributed by atoms with Gasteiger partial charge in [0.15, 0.2) is 0 Å². The molecule has 1 aromatic carbocycles. The molecule has 0 spiro atoms. The van der Waals surface area contributed by atoms with Gasteiger partial charge in [-0.2, -0.15) is 5.26 Å². The van der Waals surface area contributed by atoms with Gasteiger partial charge in [0.2, 0.25) is 0 Å². The number of aromatic nitrogens is 1. The lowest BCUT2D eigenvalue weighted by Gasteiger charge is -2.32. The molecule has 0 saturated carbocycles. The van der Waals surface area contributed by atoms with Crippen LogP contribution in [0.15, 0.2) is 48.5 Å². The first-order chi connectivity index (χ1) is 10.8. The van der Waals surface area contributed by atoms with Crippen LogP contribution in [-0.4, -0.2) is 29.0 Å². The predicted octanol–water partition coefficient (Wildman–Crippen LogP) is 3.03. The molecular weight excluding hydrogens is 272 g/mol.